The summed E-state index contributed by atoms with van der Waals surface area (Å²) in [5.74, 6) is 0.445. The second kappa shape index (κ2) is 8.28. The van der Waals surface area contributed by atoms with Gasteiger partial charge in [-0.1, -0.05) is 0 Å². The average molecular weight is 374 g/mol. The molecule has 0 aliphatic carbocycles. The molecule has 2 aromatic rings. The number of hydrogen-bond donors (Lipinski definition) is 1. The first-order valence-electron chi connectivity index (χ1n) is 6.30. The highest BCUT2D eigenvalue weighted by Gasteiger charge is 2.09. The molecule has 0 spiro atoms. The van der Waals surface area contributed by atoms with E-state index in [1.54, 1.807) is 35.4 Å². The standard InChI is InChI=1S/C13H16BrN3O3S/c1-19-4-5-20-8-13(18)16-12-2-3-15-17(12)7-11-6-10(14)9-21-11/h2-3,6,9H,4-5,7-8H2,1H3,(H,16,18). The number of rotatable bonds is 8. The number of nitrogens with one attached hydrogen (secondary N) is 1. The number of halogens is 1. The Labute approximate surface area is 135 Å². The molecule has 0 aliphatic heterocycles. The van der Waals surface area contributed by atoms with Gasteiger partial charge >= 0.3 is 0 Å². The molecule has 2 aromatic heterocycles. The molecular weight excluding hydrogens is 358 g/mol. The van der Waals surface area contributed by atoms with E-state index in [4.69, 9.17) is 9.47 Å². The Hall–Kier alpha value is -1.22. The van der Waals surface area contributed by atoms with Crippen molar-refractivity contribution >= 4 is 39.0 Å². The lowest BCUT2D eigenvalue weighted by Crippen LogP contribution is -2.21. The summed E-state index contributed by atoms with van der Waals surface area (Å²) >= 11 is 5.06. The summed E-state index contributed by atoms with van der Waals surface area (Å²) in [6.07, 6.45) is 1.66. The third kappa shape index (κ3) is 5.24. The Kier molecular flexibility index (Phi) is 6.37. The van der Waals surface area contributed by atoms with Gasteiger partial charge in [0, 0.05) is 27.9 Å². The maximum Gasteiger partial charge on any atom is 0.251 e. The number of ether oxygens (including phenoxy) is 2. The minimum atomic E-state index is -0.208. The molecule has 0 saturated carbocycles. The second-order valence-corrected chi connectivity index (χ2v) is 6.11. The van der Waals surface area contributed by atoms with E-state index in [0.29, 0.717) is 25.6 Å². The van der Waals surface area contributed by atoms with Gasteiger partial charge in [-0.25, -0.2) is 4.68 Å². The van der Waals surface area contributed by atoms with Crippen LogP contribution in [-0.4, -0.2) is 42.6 Å². The van der Waals surface area contributed by atoms with Gasteiger partial charge in [-0.15, -0.1) is 11.3 Å². The van der Waals surface area contributed by atoms with Gasteiger partial charge in [-0.05, 0) is 22.0 Å². The fraction of sp³-hybridized carbons (Fsp3) is 0.385. The van der Waals surface area contributed by atoms with E-state index in [-0.39, 0.29) is 12.5 Å². The highest BCUT2D eigenvalue weighted by atomic mass is 79.9. The summed E-state index contributed by atoms with van der Waals surface area (Å²) in [7, 11) is 1.59. The molecule has 0 unspecified atom stereocenters. The minimum Gasteiger partial charge on any atom is -0.382 e. The van der Waals surface area contributed by atoms with Gasteiger partial charge in [0.05, 0.1) is 26.0 Å². The van der Waals surface area contributed by atoms with Gasteiger partial charge < -0.3 is 14.8 Å². The quantitative estimate of drug-likeness (QED) is 0.721. The number of carbonyl (C=O) groups excluding carboxylic acids is 1. The van der Waals surface area contributed by atoms with Crippen LogP contribution >= 0.6 is 27.3 Å². The van der Waals surface area contributed by atoms with Crippen molar-refractivity contribution in [2.24, 2.45) is 0 Å². The van der Waals surface area contributed by atoms with Crippen LogP contribution in [0, 0.1) is 0 Å². The molecule has 0 saturated heterocycles. The molecule has 1 N–H and O–H groups in total. The molecule has 8 heteroatoms. The van der Waals surface area contributed by atoms with E-state index >= 15 is 0 Å². The molecule has 2 heterocycles. The normalized spacial score (nSPS) is 10.8. The van der Waals surface area contributed by atoms with Crippen molar-refractivity contribution < 1.29 is 14.3 Å². The van der Waals surface area contributed by atoms with Crippen LogP contribution < -0.4 is 5.32 Å². The van der Waals surface area contributed by atoms with Crippen molar-refractivity contribution in [3.63, 3.8) is 0 Å². The minimum absolute atomic E-state index is 0.000903. The third-order valence-corrected chi connectivity index (χ3v) is 4.26. The molecule has 2 rings (SSSR count). The van der Waals surface area contributed by atoms with E-state index < -0.39 is 0 Å². The zero-order valence-corrected chi connectivity index (χ0v) is 13.9. The lowest BCUT2D eigenvalue weighted by Gasteiger charge is -2.08. The predicted molar refractivity (Wildman–Crippen MR) is 84.7 cm³/mol. The van der Waals surface area contributed by atoms with Gasteiger partial charge in [0.25, 0.3) is 5.91 Å². The molecule has 0 radical (unpaired) electrons. The summed E-state index contributed by atoms with van der Waals surface area (Å²) < 4.78 is 12.8. The summed E-state index contributed by atoms with van der Waals surface area (Å²) in [5, 5.41) is 9.01. The van der Waals surface area contributed by atoms with E-state index in [2.05, 4.69) is 26.3 Å². The average Bonchev–Trinajstić information content (AvgIpc) is 3.05. The van der Waals surface area contributed by atoms with Crippen molar-refractivity contribution in [1.29, 1.82) is 0 Å². The van der Waals surface area contributed by atoms with E-state index in [0.717, 1.165) is 9.35 Å². The molecule has 0 aliphatic rings. The summed E-state index contributed by atoms with van der Waals surface area (Å²) in [4.78, 5) is 12.9. The molecule has 1 amide bonds. The Morgan fingerprint density at radius 3 is 3.10 bits per heavy atom. The van der Waals surface area contributed by atoms with Crippen LogP contribution in [0.5, 0.6) is 0 Å². The highest BCUT2D eigenvalue weighted by Crippen LogP contribution is 2.21. The van der Waals surface area contributed by atoms with Crippen LogP contribution in [0.3, 0.4) is 0 Å². The van der Waals surface area contributed by atoms with E-state index in [1.807, 2.05) is 11.4 Å². The Bertz CT molecular complexity index is 585. The summed E-state index contributed by atoms with van der Waals surface area (Å²) in [5.41, 5.74) is 0. The number of nitrogens with zero attached hydrogens (tertiary/aromatic N) is 2. The largest absolute Gasteiger partial charge is 0.382 e. The Balaban J connectivity index is 1.86. The van der Waals surface area contributed by atoms with Crippen LogP contribution in [-0.2, 0) is 20.8 Å². The SMILES string of the molecule is COCCOCC(=O)Nc1ccnn1Cc1cc(Br)cs1. The van der Waals surface area contributed by atoms with E-state index in [9.17, 15) is 4.79 Å². The van der Waals surface area contributed by atoms with E-state index in [1.165, 1.54) is 0 Å². The number of aromatic nitrogens is 2. The first-order valence-corrected chi connectivity index (χ1v) is 7.97. The summed E-state index contributed by atoms with van der Waals surface area (Å²) in [6, 6.07) is 3.79. The van der Waals surface area contributed by atoms with Crippen LogP contribution in [0.15, 0.2) is 28.2 Å². The Morgan fingerprint density at radius 1 is 1.52 bits per heavy atom. The van der Waals surface area contributed by atoms with Crippen molar-refractivity contribution in [2.45, 2.75) is 6.54 Å². The molecule has 0 atom stereocenters. The molecule has 114 valence electrons. The third-order valence-electron chi connectivity index (χ3n) is 2.58. The van der Waals surface area contributed by atoms with Crippen LogP contribution in [0.1, 0.15) is 4.88 Å². The fourth-order valence-corrected chi connectivity index (χ4v) is 3.07. The predicted octanol–water partition coefficient (Wildman–Crippen LogP) is 2.36. The zero-order chi connectivity index (χ0) is 15.1. The van der Waals surface area contributed by atoms with Gasteiger partial charge in [-0.2, -0.15) is 5.10 Å². The Morgan fingerprint density at radius 2 is 2.38 bits per heavy atom. The molecule has 21 heavy (non-hydrogen) atoms. The van der Waals surface area contributed by atoms with Crippen LogP contribution in [0.25, 0.3) is 0 Å². The molecule has 0 bridgehead atoms. The van der Waals surface area contributed by atoms with Crippen molar-refractivity contribution in [1.82, 2.24) is 9.78 Å². The lowest BCUT2D eigenvalue weighted by atomic mass is 10.4. The zero-order valence-electron chi connectivity index (χ0n) is 11.5. The maximum absolute atomic E-state index is 11.8. The van der Waals surface area contributed by atoms with Crippen LogP contribution in [0.4, 0.5) is 5.82 Å². The van der Waals surface area contributed by atoms with Crippen molar-refractivity contribution in [3.8, 4) is 0 Å². The van der Waals surface area contributed by atoms with Crippen molar-refractivity contribution in [2.75, 3.05) is 32.2 Å². The molecule has 0 aromatic carbocycles. The first-order chi connectivity index (χ1) is 10.2. The van der Waals surface area contributed by atoms with Gasteiger partial charge in [0.2, 0.25) is 0 Å². The number of carbonyl (C=O) groups is 1. The molecule has 6 nitrogen and oxygen atoms in total. The topological polar surface area (TPSA) is 65.4 Å². The van der Waals surface area contributed by atoms with Crippen LogP contribution in [0.2, 0.25) is 0 Å². The molecular formula is C13H16BrN3O3S. The maximum atomic E-state index is 11.8. The van der Waals surface area contributed by atoms with Gasteiger partial charge in [0.1, 0.15) is 12.4 Å². The number of thiophene rings is 1. The number of anilines is 1. The fourth-order valence-electron chi connectivity index (χ4n) is 1.64. The lowest BCUT2D eigenvalue weighted by molar-refractivity contribution is -0.121. The second-order valence-electron chi connectivity index (χ2n) is 4.20. The monoisotopic (exact) mass is 373 g/mol. The van der Waals surface area contributed by atoms with Crippen molar-refractivity contribution in [3.05, 3.63) is 33.1 Å². The van der Waals surface area contributed by atoms with Gasteiger partial charge in [0.15, 0.2) is 0 Å². The van der Waals surface area contributed by atoms with Gasteiger partial charge in [-0.3, -0.25) is 4.79 Å². The number of amides is 1. The first kappa shape index (κ1) is 16.2. The molecule has 0 fully saturated rings. The highest BCUT2D eigenvalue weighted by molar-refractivity contribution is 9.10. The smallest absolute Gasteiger partial charge is 0.251 e. The number of hydrogen-bond acceptors (Lipinski definition) is 5. The number of methoxy groups -OCH3 is 1. The summed E-state index contributed by atoms with van der Waals surface area (Å²) in [6.45, 7) is 1.48.